The van der Waals surface area contributed by atoms with Gasteiger partial charge in [0.2, 0.25) is 0 Å². The highest BCUT2D eigenvalue weighted by Gasteiger charge is 2.16. The van der Waals surface area contributed by atoms with Crippen LogP contribution in [0.25, 0.3) is 0 Å². The Morgan fingerprint density at radius 1 is 1.27 bits per heavy atom. The molecule has 0 aromatic heterocycles. The Kier molecular flexibility index (Phi) is 7.86. The van der Waals surface area contributed by atoms with Gasteiger partial charge in [-0.3, -0.25) is 0 Å². The summed E-state index contributed by atoms with van der Waals surface area (Å²) in [6.45, 7) is 2.64. The van der Waals surface area contributed by atoms with Crippen molar-refractivity contribution in [3.05, 3.63) is 23.8 Å². The fourth-order valence-corrected chi connectivity index (χ4v) is 2.48. The van der Waals surface area contributed by atoms with Crippen LogP contribution in [0, 0.1) is 11.6 Å². The number of hydrogen-bond donors (Lipinski definition) is 3. The van der Waals surface area contributed by atoms with Gasteiger partial charge in [0.15, 0.2) is 17.4 Å². The Labute approximate surface area is 150 Å². The molecular formula is C17H24F2N2O5. The second kappa shape index (κ2) is 10.1. The first-order valence-electron chi connectivity index (χ1n) is 8.56. The predicted molar refractivity (Wildman–Crippen MR) is 89.2 cm³/mol. The van der Waals surface area contributed by atoms with Crippen molar-refractivity contribution in [1.82, 2.24) is 10.2 Å². The number of morpholine rings is 1. The molecule has 2 amide bonds. The number of halogens is 2. The van der Waals surface area contributed by atoms with Crippen LogP contribution in [-0.2, 0) is 4.74 Å². The molecule has 0 aliphatic carbocycles. The summed E-state index contributed by atoms with van der Waals surface area (Å²) in [6.07, 6.45) is 0.975. The zero-order valence-corrected chi connectivity index (χ0v) is 14.4. The summed E-state index contributed by atoms with van der Waals surface area (Å²) in [5, 5.41) is 21.7. The summed E-state index contributed by atoms with van der Waals surface area (Å²) in [7, 11) is 0. The van der Waals surface area contributed by atoms with E-state index in [4.69, 9.17) is 14.6 Å². The average molecular weight is 374 g/mol. The number of aromatic hydroxyl groups is 1. The third-order valence-electron chi connectivity index (χ3n) is 3.97. The number of benzene rings is 1. The third kappa shape index (κ3) is 6.30. The van der Waals surface area contributed by atoms with Gasteiger partial charge in [-0.25, -0.2) is 13.6 Å². The number of aliphatic hydroxyl groups excluding tert-OH is 1. The van der Waals surface area contributed by atoms with Gasteiger partial charge in [-0.15, -0.1) is 0 Å². The Bertz CT molecular complexity index is 574. The molecule has 0 saturated carbocycles. The molecule has 3 N–H and O–H groups in total. The van der Waals surface area contributed by atoms with E-state index in [2.05, 4.69) is 5.32 Å². The highest BCUT2D eigenvalue weighted by molar-refractivity contribution is 5.74. The standard InChI is InChI=1S/C17H24F2N2O5/c18-14-9-13(10-15(19)16(14)23)26-11-12(22)3-1-2-4-20-17(24)21-5-7-25-8-6-21/h9-10,12,22-23H,1-8,11H2,(H,20,24)/t12-/m0/s1. The van der Waals surface area contributed by atoms with Crippen molar-refractivity contribution < 1.29 is 33.3 Å². The molecule has 1 heterocycles. The van der Waals surface area contributed by atoms with E-state index in [1.807, 2.05) is 0 Å². The molecule has 1 aromatic rings. The first-order chi connectivity index (χ1) is 12.5. The lowest BCUT2D eigenvalue weighted by Gasteiger charge is -2.26. The lowest BCUT2D eigenvalue weighted by molar-refractivity contribution is 0.0532. The van der Waals surface area contributed by atoms with Crippen LogP contribution in [0.3, 0.4) is 0 Å². The molecule has 0 spiro atoms. The van der Waals surface area contributed by atoms with E-state index >= 15 is 0 Å². The third-order valence-corrected chi connectivity index (χ3v) is 3.97. The van der Waals surface area contributed by atoms with Crippen LogP contribution in [0.15, 0.2) is 12.1 Å². The van der Waals surface area contributed by atoms with E-state index < -0.39 is 23.5 Å². The molecule has 1 aliphatic rings. The quantitative estimate of drug-likeness (QED) is 0.602. The molecule has 0 bridgehead atoms. The molecule has 7 nitrogen and oxygen atoms in total. The molecule has 1 aromatic carbocycles. The maximum Gasteiger partial charge on any atom is 0.317 e. The van der Waals surface area contributed by atoms with E-state index in [0.717, 1.165) is 12.1 Å². The number of aliphatic hydroxyl groups is 1. The maximum absolute atomic E-state index is 13.2. The van der Waals surface area contributed by atoms with Crippen molar-refractivity contribution in [2.24, 2.45) is 0 Å². The van der Waals surface area contributed by atoms with E-state index in [0.29, 0.717) is 52.1 Å². The predicted octanol–water partition coefficient (Wildman–Crippen LogP) is 1.62. The molecule has 1 fully saturated rings. The van der Waals surface area contributed by atoms with Crippen molar-refractivity contribution in [3.8, 4) is 11.5 Å². The number of carbonyl (C=O) groups excluding carboxylic acids is 1. The number of amides is 2. The largest absolute Gasteiger partial charge is 0.503 e. The summed E-state index contributed by atoms with van der Waals surface area (Å²) < 4.78 is 36.7. The number of ether oxygens (including phenoxy) is 2. The number of carbonyl (C=O) groups is 1. The zero-order chi connectivity index (χ0) is 18.9. The van der Waals surface area contributed by atoms with E-state index in [1.165, 1.54) is 0 Å². The van der Waals surface area contributed by atoms with Crippen molar-refractivity contribution in [2.45, 2.75) is 25.4 Å². The number of hydrogen-bond acceptors (Lipinski definition) is 5. The molecule has 146 valence electrons. The van der Waals surface area contributed by atoms with Crippen LogP contribution in [0.2, 0.25) is 0 Å². The van der Waals surface area contributed by atoms with Crippen molar-refractivity contribution >= 4 is 6.03 Å². The summed E-state index contributed by atoms with van der Waals surface area (Å²) in [5.74, 6) is -3.40. The van der Waals surface area contributed by atoms with Crippen LogP contribution in [0.1, 0.15) is 19.3 Å². The fourth-order valence-electron chi connectivity index (χ4n) is 2.48. The summed E-state index contributed by atoms with van der Waals surface area (Å²) in [6, 6.07) is 1.59. The molecule has 0 radical (unpaired) electrons. The Hall–Kier alpha value is -2.13. The number of phenols is 1. The minimum Gasteiger partial charge on any atom is -0.503 e. The van der Waals surface area contributed by atoms with Gasteiger partial charge >= 0.3 is 6.03 Å². The lowest BCUT2D eigenvalue weighted by atomic mass is 10.1. The highest BCUT2D eigenvalue weighted by atomic mass is 19.1. The zero-order valence-electron chi connectivity index (χ0n) is 14.4. The fraction of sp³-hybridized carbons (Fsp3) is 0.588. The molecule has 9 heteroatoms. The highest BCUT2D eigenvalue weighted by Crippen LogP contribution is 2.25. The molecule has 1 saturated heterocycles. The molecule has 1 aliphatic heterocycles. The molecule has 26 heavy (non-hydrogen) atoms. The van der Waals surface area contributed by atoms with Crippen LogP contribution in [0.4, 0.5) is 13.6 Å². The Morgan fingerprint density at radius 2 is 1.92 bits per heavy atom. The van der Waals surface area contributed by atoms with Gasteiger partial charge < -0.3 is 29.9 Å². The number of nitrogens with one attached hydrogen (secondary N) is 1. The van der Waals surface area contributed by atoms with Crippen LogP contribution in [-0.4, -0.2) is 66.7 Å². The smallest absolute Gasteiger partial charge is 0.317 e. The normalized spacial score (nSPS) is 15.6. The number of urea groups is 1. The van der Waals surface area contributed by atoms with Gasteiger partial charge in [0, 0.05) is 31.8 Å². The van der Waals surface area contributed by atoms with Crippen molar-refractivity contribution in [1.29, 1.82) is 0 Å². The van der Waals surface area contributed by atoms with Crippen LogP contribution < -0.4 is 10.1 Å². The average Bonchev–Trinajstić information content (AvgIpc) is 2.64. The lowest BCUT2D eigenvalue weighted by Crippen LogP contribution is -2.46. The minimum absolute atomic E-state index is 0.102. The van der Waals surface area contributed by atoms with Crippen LogP contribution in [0.5, 0.6) is 11.5 Å². The number of rotatable bonds is 8. The Morgan fingerprint density at radius 3 is 2.58 bits per heavy atom. The summed E-state index contributed by atoms with van der Waals surface area (Å²) in [4.78, 5) is 13.5. The van der Waals surface area contributed by atoms with Gasteiger partial charge in [0.05, 0.1) is 19.3 Å². The monoisotopic (exact) mass is 374 g/mol. The van der Waals surface area contributed by atoms with E-state index in [1.54, 1.807) is 4.90 Å². The van der Waals surface area contributed by atoms with Crippen molar-refractivity contribution in [3.63, 3.8) is 0 Å². The topological polar surface area (TPSA) is 91.3 Å². The Balaban J connectivity index is 1.57. The van der Waals surface area contributed by atoms with Gasteiger partial charge in [0.1, 0.15) is 12.4 Å². The summed E-state index contributed by atoms with van der Waals surface area (Å²) >= 11 is 0. The second-order valence-electron chi connectivity index (χ2n) is 6.03. The first kappa shape index (κ1) is 20.2. The SMILES string of the molecule is O=C(NCCCC[C@H](O)COc1cc(F)c(O)c(F)c1)N1CCOCC1. The number of nitrogens with zero attached hydrogens (tertiary/aromatic N) is 1. The van der Waals surface area contributed by atoms with Crippen molar-refractivity contribution in [2.75, 3.05) is 39.5 Å². The van der Waals surface area contributed by atoms with E-state index in [-0.39, 0.29) is 18.4 Å². The molecule has 0 unspecified atom stereocenters. The maximum atomic E-state index is 13.2. The van der Waals surface area contributed by atoms with Gasteiger partial charge in [-0.2, -0.15) is 0 Å². The summed E-state index contributed by atoms with van der Waals surface area (Å²) in [5.41, 5.74) is 0. The minimum atomic E-state index is -1.12. The second-order valence-corrected chi connectivity index (χ2v) is 6.03. The number of phenolic OH excluding ortho intramolecular Hbond substituents is 1. The van der Waals surface area contributed by atoms with Crippen LogP contribution >= 0.6 is 0 Å². The first-order valence-corrected chi connectivity index (χ1v) is 8.56. The molecular weight excluding hydrogens is 350 g/mol. The van der Waals surface area contributed by atoms with Gasteiger partial charge in [-0.05, 0) is 19.3 Å². The number of unbranched alkanes of at least 4 members (excludes halogenated alkanes) is 1. The molecule has 1 atom stereocenters. The van der Waals surface area contributed by atoms with Gasteiger partial charge in [0.25, 0.3) is 0 Å². The van der Waals surface area contributed by atoms with E-state index in [9.17, 15) is 18.7 Å². The van der Waals surface area contributed by atoms with Gasteiger partial charge in [-0.1, -0.05) is 0 Å². The molecule has 2 rings (SSSR count).